The van der Waals surface area contributed by atoms with Crippen LogP contribution in [0.15, 0.2) is 91.0 Å². The topological polar surface area (TPSA) is 17.1 Å². The third-order valence-corrected chi connectivity index (χ3v) is 20.2. The van der Waals surface area contributed by atoms with Gasteiger partial charge >= 0.3 is 221 Å². The van der Waals surface area contributed by atoms with Gasteiger partial charge in [-0.05, 0) is 0 Å². The van der Waals surface area contributed by atoms with E-state index in [0.717, 1.165) is 24.2 Å². The van der Waals surface area contributed by atoms with Crippen LogP contribution >= 0.6 is 34.8 Å². The number of rotatable bonds is 6. The molecule has 0 heterocycles. The molecule has 0 amide bonds. The summed E-state index contributed by atoms with van der Waals surface area (Å²) in [6.07, 6.45) is 0. The van der Waals surface area contributed by atoms with Crippen LogP contribution in [0.2, 0.25) is 15.1 Å². The first-order valence-electron chi connectivity index (χ1n) is 10.3. The summed E-state index contributed by atoms with van der Waals surface area (Å²) in [6, 6.07) is 30.4. The predicted molar refractivity (Wildman–Crippen MR) is 146 cm³/mol. The molecule has 2 unspecified atom stereocenters. The van der Waals surface area contributed by atoms with Gasteiger partial charge < -0.3 is 0 Å². The van der Waals surface area contributed by atoms with Crippen molar-refractivity contribution < 1.29 is 24.3 Å². The maximum Gasteiger partial charge on any atom is 0 e. The molecule has 0 N–H and O–H groups in total. The molecule has 0 saturated carbocycles. The number of hydrogen-bond acceptors (Lipinski definition) is 1. The van der Waals surface area contributed by atoms with Gasteiger partial charge in [0.25, 0.3) is 0 Å². The summed E-state index contributed by atoms with van der Waals surface area (Å²) in [7, 11) is 0. The van der Waals surface area contributed by atoms with E-state index in [4.69, 9.17) is 34.8 Å². The first kappa shape index (κ1) is 27.7. The SMILES string of the molecule is Cc1ccccc1[As](C(=O)[As](c1ccccc1)c1cc(Cl)c(Cl)c(Cl)c1C)c1ccccc1.[Rh]. The number of carbonyl (C=O) groups is 1. The average molecular weight is 721 g/mol. The van der Waals surface area contributed by atoms with Crippen molar-refractivity contribution in [3.05, 3.63) is 117 Å². The Morgan fingerprint density at radius 3 is 1.65 bits per heavy atom. The summed E-state index contributed by atoms with van der Waals surface area (Å²) in [6.45, 7) is 4.03. The zero-order chi connectivity index (χ0) is 23.5. The van der Waals surface area contributed by atoms with Gasteiger partial charge in [0.05, 0.1) is 0 Å². The molecule has 175 valence electrons. The monoisotopic (exact) mass is 719 g/mol. The van der Waals surface area contributed by atoms with Gasteiger partial charge in [-0.2, -0.15) is 0 Å². The molecule has 4 aromatic carbocycles. The largest absolute Gasteiger partial charge is 0 e. The van der Waals surface area contributed by atoms with Crippen LogP contribution in [0.25, 0.3) is 0 Å². The van der Waals surface area contributed by atoms with E-state index in [0.29, 0.717) is 18.4 Å². The molecule has 0 aliphatic carbocycles. The number of hydrogen-bond donors (Lipinski definition) is 0. The Labute approximate surface area is 238 Å². The Kier molecular flexibility index (Phi) is 10.1. The zero-order valence-electron chi connectivity index (χ0n) is 18.4. The third-order valence-electron chi connectivity index (χ3n) is 5.39. The van der Waals surface area contributed by atoms with Crippen molar-refractivity contribution in [2.45, 2.75) is 13.8 Å². The first-order valence-corrected chi connectivity index (χ1v) is 17.1. The van der Waals surface area contributed by atoms with Crippen molar-refractivity contribution in [3.8, 4) is 0 Å². The van der Waals surface area contributed by atoms with Crippen LogP contribution in [-0.4, -0.2) is 32.7 Å². The summed E-state index contributed by atoms with van der Waals surface area (Å²) in [5, 5.41) is 1.15. The number of halogens is 3. The molecule has 4 rings (SSSR count). The normalized spacial score (nSPS) is 12.5. The summed E-state index contributed by atoms with van der Waals surface area (Å²) in [5.74, 6) is 0. The molecular weight excluding hydrogens is 699 g/mol. The van der Waals surface area contributed by atoms with Crippen LogP contribution in [0.1, 0.15) is 11.1 Å². The van der Waals surface area contributed by atoms with E-state index in [1.165, 1.54) is 4.35 Å². The Morgan fingerprint density at radius 1 is 0.647 bits per heavy atom. The van der Waals surface area contributed by atoms with Crippen LogP contribution in [-0.2, 0) is 19.5 Å². The van der Waals surface area contributed by atoms with E-state index in [1.54, 1.807) is 0 Å². The molecular formula is C27H21As2Cl3ORh. The van der Waals surface area contributed by atoms with Crippen LogP contribution in [0, 0.1) is 13.8 Å². The van der Waals surface area contributed by atoms with Crippen molar-refractivity contribution >= 4 is 84.9 Å². The van der Waals surface area contributed by atoms with Gasteiger partial charge in [0, 0.05) is 19.5 Å². The minimum atomic E-state index is -2.47. The van der Waals surface area contributed by atoms with E-state index < -0.39 is 29.3 Å². The van der Waals surface area contributed by atoms with Crippen LogP contribution in [0.5, 0.6) is 0 Å². The van der Waals surface area contributed by atoms with E-state index in [1.807, 2.05) is 61.5 Å². The smallest absolute Gasteiger partial charge is 0 e. The van der Waals surface area contributed by atoms with Gasteiger partial charge in [-0.25, -0.2) is 0 Å². The summed E-state index contributed by atoms with van der Waals surface area (Å²) in [4.78, 5) is 14.7. The van der Waals surface area contributed by atoms with Gasteiger partial charge in [-0.1, -0.05) is 0 Å². The van der Waals surface area contributed by atoms with Crippen LogP contribution < -0.4 is 17.4 Å². The Morgan fingerprint density at radius 2 is 1.12 bits per heavy atom. The molecule has 0 bridgehead atoms. The van der Waals surface area contributed by atoms with E-state index in [9.17, 15) is 4.79 Å². The molecule has 0 fully saturated rings. The molecule has 0 aliphatic rings. The fourth-order valence-corrected chi connectivity index (χ4v) is 19.9. The Balaban J connectivity index is 0.00000324. The van der Waals surface area contributed by atoms with Crippen molar-refractivity contribution in [3.63, 3.8) is 0 Å². The summed E-state index contributed by atoms with van der Waals surface area (Å²) >= 11 is 14.6. The van der Waals surface area contributed by atoms with Crippen LogP contribution in [0.3, 0.4) is 0 Å². The minimum absolute atomic E-state index is 0. The van der Waals surface area contributed by atoms with E-state index in [2.05, 4.69) is 43.3 Å². The Bertz CT molecular complexity index is 1300. The van der Waals surface area contributed by atoms with Crippen molar-refractivity contribution in [1.82, 2.24) is 0 Å². The molecule has 0 aliphatic heterocycles. The first-order chi connectivity index (χ1) is 15.9. The maximum atomic E-state index is 14.7. The van der Waals surface area contributed by atoms with Gasteiger partial charge in [-0.15, -0.1) is 0 Å². The second-order valence-corrected chi connectivity index (χ2v) is 19.1. The molecule has 1 nitrogen and oxygen atoms in total. The van der Waals surface area contributed by atoms with Gasteiger partial charge in [0.15, 0.2) is 0 Å². The molecule has 4 aromatic rings. The fraction of sp³-hybridized carbons (Fsp3) is 0.0741. The van der Waals surface area contributed by atoms with Gasteiger partial charge in [0.1, 0.15) is 0 Å². The molecule has 0 saturated heterocycles. The quantitative estimate of drug-likeness (QED) is 0.191. The second-order valence-electron chi connectivity index (χ2n) is 7.54. The molecule has 2 atom stereocenters. The number of carbonyl (C=O) groups excluding carboxylic acids is 1. The Hall–Kier alpha value is -0.840. The minimum Gasteiger partial charge on any atom is 0 e. The molecule has 7 heteroatoms. The predicted octanol–water partition coefficient (Wildman–Crippen LogP) is 5.46. The fourth-order valence-electron chi connectivity index (χ4n) is 3.68. The summed E-state index contributed by atoms with van der Waals surface area (Å²) < 4.78 is 4.65. The standard InChI is InChI=1S/C27H21As2Cl3O.Rh/c1-18-11-9-10-16-22(18)28(20-12-5-3-6-13-20)27(33)29(21-14-7-4-8-15-21)23-17-24(30)26(32)25(31)19(23)2;/h3-17H,1-2H3;. The molecule has 34 heavy (non-hydrogen) atoms. The number of aryl methyl sites for hydroxylation is 1. The molecule has 0 aromatic heterocycles. The number of benzene rings is 4. The van der Waals surface area contributed by atoms with Crippen LogP contribution in [0.4, 0.5) is 4.79 Å². The van der Waals surface area contributed by atoms with Crippen molar-refractivity contribution in [1.29, 1.82) is 0 Å². The van der Waals surface area contributed by atoms with Gasteiger partial charge in [-0.3, -0.25) is 0 Å². The second kappa shape index (κ2) is 12.4. The average Bonchev–Trinajstić information content (AvgIpc) is 2.84. The molecule has 1 radical (unpaired) electrons. The van der Waals surface area contributed by atoms with Crippen molar-refractivity contribution in [2.24, 2.45) is 0 Å². The van der Waals surface area contributed by atoms with Gasteiger partial charge in [0.2, 0.25) is 0 Å². The maximum absolute atomic E-state index is 14.7. The van der Waals surface area contributed by atoms with E-state index >= 15 is 0 Å². The summed E-state index contributed by atoms with van der Waals surface area (Å²) in [5.41, 5.74) is 2.00. The van der Waals surface area contributed by atoms with E-state index in [-0.39, 0.29) is 19.5 Å². The zero-order valence-corrected chi connectivity index (χ0v) is 26.1. The molecule has 0 spiro atoms. The van der Waals surface area contributed by atoms with Crippen molar-refractivity contribution in [2.75, 3.05) is 0 Å². The third kappa shape index (κ3) is 5.76.